The molecule has 0 aliphatic rings. The van der Waals surface area contributed by atoms with Crippen molar-refractivity contribution < 1.29 is 14.3 Å². The summed E-state index contributed by atoms with van der Waals surface area (Å²) >= 11 is 0. The van der Waals surface area contributed by atoms with Gasteiger partial charge in [-0.3, -0.25) is 9.59 Å². The lowest BCUT2D eigenvalue weighted by Crippen LogP contribution is -2.49. The highest BCUT2D eigenvalue weighted by Gasteiger charge is 2.25. The number of amides is 2. The molecule has 0 saturated heterocycles. The number of hydrogen-bond acceptors (Lipinski definition) is 3. The summed E-state index contributed by atoms with van der Waals surface area (Å²) in [5.74, 6) is -0.272. The molecule has 2 amide bonds. The highest BCUT2D eigenvalue weighted by atomic mass is 16.5. The molecule has 0 bridgehead atoms. The van der Waals surface area contributed by atoms with Gasteiger partial charge in [0.2, 0.25) is 0 Å². The smallest absolute Gasteiger partial charge is 0.312 e. The topological polar surface area (TPSA) is 58.6 Å². The Balaban J connectivity index is 2.59. The molecule has 0 heterocycles. The molecule has 0 unspecified atom stereocenters. The molecule has 0 fully saturated rings. The van der Waals surface area contributed by atoms with Gasteiger partial charge in [0.25, 0.3) is 0 Å². The lowest BCUT2D eigenvalue weighted by molar-refractivity contribution is -0.148. The maximum Gasteiger partial charge on any atom is 0.312 e. The molecule has 5 nitrogen and oxygen atoms in total. The lowest BCUT2D eigenvalue weighted by atomic mass is 10.2. The number of benzene rings is 1. The number of carbonyl (C=O) groups is 2. The van der Waals surface area contributed by atoms with E-state index in [-0.39, 0.29) is 12.1 Å². The molecule has 0 atom stereocenters. The van der Waals surface area contributed by atoms with Crippen molar-refractivity contribution in [3.05, 3.63) is 29.8 Å². The van der Waals surface area contributed by atoms with Gasteiger partial charge in [0.1, 0.15) is 5.75 Å². The van der Waals surface area contributed by atoms with Crippen LogP contribution in [0, 0.1) is 0 Å². The van der Waals surface area contributed by atoms with Crippen LogP contribution in [0.15, 0.2) is 24.3 Å². The van der Waals surface area contributed by atoms with Crippen LogP contribution in [0.4, 0.5) is 0 Å². The molecule has 1 rings (SSSR count). The normalized spacial score (nSPS) is 10.7. The van der Waals surface area contributed by atoms with Crippen molar-refractivity contribution in [3.8, 4) is 5.75 Å². The largest absolute Gasteiger partial charge is 0.494 e. The summed E-state index contributed by atoms with van der Waals surface area (Å²) in [6.45, 7) is 10.5. The van der Waals surface area contributed by atoms with Crippen LogP contribution in [0.1, 0.15) is 40.2 Å². The fourth-order valence-electron chi connectivity index (χ4n) is 2.31. The maximum atomic E-state index is 12.2. The van der Waals surface area contributed by atoms with E-state index in [4.69, 9.17) is 4.74 Å². The first-order valence-corrected chi connectivity index (χ1v) is 7.69. The van der Waals surface area contributed by atoms with E-state index in [9.17, 15) is 9.59 Å². The molecule has 22 heavy (non-hydrogen) atoms. The van der Waals surface area contributed by atoms with Crippen LogP contribution >= 0.6 is 0 Å². The number of rotatable bonds is 6. The predicted octanol–water partition coefficient (Wildman–Crippen LogP) is 2.35. The monoisotopic (exact) mass is 306 g/mol. The number of nitrogens with zero attached hydrogens (tertiary/aromatic N) is 1. The average Bonchev–Trinajstić information content (AvgIpc) is 2.45. The molecule has 0 aromatic heterocycles. The third-order valence-electron chi connectivity index (χ3n) is 3.23. The SMILES string of the molecule is CCOc1ccc(CNC(=O)C(=O)N(C(C)C)C(C)C)cc1. The van der Waals surface area contributed by atoms with E-state index >= 15 is 0 Å². The van der Waals surface area contributed by atoms with Crippen molar-refractivity contribution >= 4 is 11.8 Å². The molecular formula is C17H26N2O3. The van der Waals surface area contributed by atoms with Gasteiger partial charge < -0.3 is 15.0 Å². The second kappa shape index (κ2) is 8.41. The van der Waals surface area contributed by atoms with Crippen LogP contribution in [0.3, 0.4) is 0 Å². The van der Waals surface area contributed by atoms with Crippen molar-refractivity contribution in [1.29, 1.82) is 0 Å². The highest BCUT2D eigenvalue weighted by Crippen LogP contribution is 2.12. The van der Waals surface area contributed by atoms with Gasteiger partial charge in [-0.2, -0.15) is 0 Å². The van der Waals surface area contributed by atoms with Gasteiger partial charge in [-0.15, -0.1) is 0 Å². The Morgan fingerprint density at radius 3 is 2.09 bits per heavy atom. The number of nitrogens with one attached hydrogen (secondary N) is 1. The molecule has 1 aromatic rings. The van der Waals surface area contributed by atoms with Gasteiger partial charge in [0, 0.05) is 18.6 Å². The lowest BCUT2D eigenvalue weighted by Gasteiger charge is -2.29. The minimum absolute atomic E-state index is 0.0104. The molecular weight excluding hydrogens is 280 g/mol. The minimum Gasteiger partial charge on any atom is -0.494 e. The first-order chi connectivity index (χ1) is 10.4. The summed E-state index contributed by atoms with van der Waals surface area (Å²) in [5.41, 5.74) is 0.922. The maximum absolute atomic E-state index is 12.2. The zero-order valence-corrected chi connectivity index (χ0v) is 14.1. The van der Waals surface area contributed by atoms with Crippen molar-refractivity contribution in [1.82, 2.24) is 10.2 Å². The molecule has 122 valence electrons. The standard InChI is InChI=1S/C17H26N2O3/c1-6-22-15-9-7-14(8-10-15)11-18-16(20)17(21)19(12(2)3)13(4)5/h7-10,12-13H,6,11H2,1-5H3,(H,18,20). The Kier molecular flexibility index (Phi) is 6.89. The van der Waals surface area contributed by atoms with Crippen molar-refractivity contribution in [3.63, 3.8) is 0 Å². The van der Waals surface area contributed by atoms with Gasteiger partial charge in [-0.25, -0.2) is 0 Å². The van der Waals surface area contributed by atoms with E-state index in [1.54, 1.807) is 4.90 Å². The highest BCUT2D eigenvalue weighted by molar-refractivity contribution is 6.35. The molecule has 0 spiro atoms. The zero-order valence-electron chi connectivity index (χ0n) is 14.1. The van der Waals surface area contributed by atoms with Crippen LogP contribution in [0.25, 0.3) is 0 Å². The van der Waals surface area contributed by atoms with Gasteiger partial charge >= 0.3 is 11.8 Å². The second-order valence-electron chi connectivity index (χ2n) is 5.66. The second-order valence-corrected chi connectivity index (χ2v) is 5.66. The van der Waals surface area contributed by atoms with Crippen LogP contribution < -0.4 is 10.1 Å². The zero-order chi connectivity index (χ0) is 16.7. The fraction of sp³-hybridized carbons (Fsp3) is 0.529. The predicted molar refractivity (Wildman–Crippen MR) is 86.6 cm³/mol. The van der Waals surface area contributed by atoms with Gasteiger partial charge in [-0.05, 0) is 52.3 Å². The third kappa shape index (κ3) is 5.06. The van der Waals surface area contributed by atoms with E-state index in [1.807, 2.05) is 58.9 Å². The Labute approximate surface area is 132 Å². The summed E-state index contributed by atoms with van der Waals surface area (Å²) in [6, 6.07) is 7.42. The van der Waals surface area contributed by atoms with Crippen molar-refractivity contribution in [2.75, 3.05) is 6.61 Å². The summed E-state index contributed by atoms with van der Waals surface area (Å²) < 4.78 is 5.36. The van der Waals surface area contributed by atoms with E-state index in [0.29, 0.717) is 13.2 Å². The van der Waals surface area contributed by atoms with Gasteiger partial charge in [0.15, 0.2) is 0 Å². The third-order valence-corrected chi connectivity index (χ3v) is 3.23. The summed E-state index contributed by atoms with van der Waals surface area (Å²) in [4.78, 5) is 25.8. The number of hydrogen-bond donors (Lipinski definition) is 1. The number of carbonyl (C=O) groups excluding carboxylic acids is 2. The summed E-state index contributed by atoms with van der Waals surface area (Å²) in [6.07, 6.45) is 0. The Morgan fingerprint density at radius 1 is 1.09 bits per heavy atom. The van der Waals surface area contributed by atoms with E-state index in [2.05, 4.69) is 5.32 Å². The summed E-state index contributed by atoms with van der Waals surface area (Å²) in [7, 11) is 0. The molecule has 5 heteroatoms. The molecule has 1 aromatic carbocycles. The van der Waals surface area contributed by atoms with Gasteiger partial charge in [0.05, 0.1) is 6.61 Å². The first-order valence-electron chi connectivity index (χ1n) is 7.69. The Bertz CT molecular complexity index is 487. The Hall–Kier alpha value is -2.04. The summed E-state index contributed by atoms with van der Waals surface area (Å²) in [5, 5.41) is 2.67. The van der Waals surface area contributed by atoms with Gasteiger partial charge in [-0.1, -0.05) is 12.1 Å². The quantitative estimate of drug-likeness (QED) is 0.821. The minimum atomic E-state index is -0.573. The molecule has 1 N–H and O–H groups in total. The Morgan fingerprint density at radius 2 is 1.64 bits per heavy atom. The van der Waals surface area contributed by atoms with Crippen LogP contribution in [-0.2, 0) is 16.1 Å². The van der Waals surface area contributed by atoms with E-state index in [0.717, 1.165) is 11.3 Å². The molecule has 0 aliphatic carbocycles. The van der Waals surface area contributed by atoms with E-state index in [1.165, 1.54) is 0 Å². The number of ether oxygens (including phenoxy) is 1. The van der Waals surface area contributed by atoms with Crippen molar-refractivity contribution in [2.45, 2.75) is 53.2 Å². The van der Waals surface area contributed by atoms with E-state index < -0.39 is 11.8 Å². The van der Waals surface area contributed by atoms with Crippen LogP contribution in [0.5, 0.6) is 5.75 Å². The molecule has 0 radical (unpaired) electrons. The molecule has 0 saturated carbocycles. The average molecular weight is 306 g/mol. The van der Waals surface area contributed by atoms with Crippen molar-refractivity contribution in [2.24, 2.45) is 0 Å². The fourth-order valence-corrected chi connectivity index (χ4v) is 2.31. The molecule has 0 aliphatic heterocycles. The van der Waals surface area contributed by atoms with Crippen LogP contribution in [-0.4, -0.2) is 35.4 Å². The first kappa shape index (κ1) is 18.0. The van der Waals surface area contributed by atoms with Crippen LogP contribution in [0.2, 0.25) is 0 Å².